The fraction of sp³-hybridized carbons (Fsp3) is 0.625. The summed E-state index contributed by atoms with van der Waals surface area (Å²) < 4.78 is 34.5. The molecule has 118 valence electrons. The molecule has 1 aromatic rings. The second-order valence-electron chi connectivity index (χ2n) is 5.50. The number of hydrogen-bond donors (Lipinski definition) is 1. The van der Waals surface area contributed by atoms with Crippen molar-refractivity contribution >= 4 is 0 Å². The molecule has 0 spiro atoms. The predicted octanol–water partition coefficient (Wildman–Crippen LogP) is 3.90. The van der Waals surface area contributed by atoms with Gasteiger partial charge < -0.3 is 14.8 Å². The standard InChI is InChI=1S/C16H23F2NO2/c1-11(19-14-8-3-4-9-15(14)20-2)12-6-5-7-13(10-12)21-16(17)18/h5-7,10-11,14-16,19H,3-4,8-9H2,1-2H3. The van der Waals surface area contributed by atoms with Crippen LogP contribution in [0.3, 0.4) is 0 Å². The van der Waals surface area contributed by atoms with Crippen LogP contribution in [0, 0.1) is 0 Å². The van der Waals surface area contributed by atoms with Crippen molar-refractivity contribution in [3.8, 4) is 5.75 Å². The first kappa shape index (κ1) is 16.2. The van der Waals surface area contributed by atoms with Gasteiger partial charge in [0.2, 0.25) is 0 Å². The van der Waals surface area contributed by atoms with Crippen molar-refractivity contribution in [2.45, 2.75) is 57.4 Å². The van der Waals surface area contributed by atoms with Crippen molar-refractivity contribution in [3.63, 3.8) is 0 Å². The largest absolute Gasteiger partial charge is 0.435 e. The summed E-state index contributed by atoms with van der Waals surface area (Å²) in [7, 11) is 1.74. The molecule has 1 saturated carbocycles. The van der Waals surface area contributed by atoms with E-state index in [0.717, 1.165) is 18.4 Å². The Kier molecular flexibility index (Phi) is 5.94. The lowest BCUT2D eigenvalue weighted by Gasteiger charge is -2.33. The van der Waals surface area contributed by atoms with Gasteiger partial charge in [-0.15, -0.1) is 0 Å². The molecule has 0 aromatic heterocycles. The summed E-state index contributed by atoms with van der Waals surface area (Å²) in [6.45, 7) is -0.761. The van der Waals surface area contributed by atoms with E-state index in [2.05, 4.69) is 10.1 Å². The minimum atomic E-state index is -2.79. The number of benzene rings is 1. The van der Waals surface area contributed by atoms with Gasteiger partial charge >= 0.3 is 6.61 Å². The van der Waals surface area contributed by atoms with Gasteiger partial charge in [0, 0.05) is 19.2 Å². The van der Waals surface area contributed by atoms with E-state index in [1.54, 1.807) is 25.3 Å². The van der Waals surface area contributed by atoms with Crippen LogP contribution in [0.2, 0.25) is 0 Å². The molecule has 1 aliphatic carbocycles. The molecule has 3 atom stereocenters. The normalized spacial score (nSPS) is 24.0. The Bertz CT molecular complexity index is 442. The number of rotatable bonds is 6. The van der Waals surface area contributed by atoms with E-state index >= 15 is 0 Å². The molecule has 1 fully saturated rings. The average molecular weight is 299 g/mol. The van der Waals surface area contributed by atoms with Crippen molar-refractivity contribution in [2.24, 2.45) is 0 Å². The highest BCUT2D eigenvalue weighted by Gasteiger charge is 2.26. The van der Waals surface area contributed by atoms with Crippen LogP contribution in [-0.2, 0) is 4.74 Å². The predicted molar refractivity (Wildman–Crippen MR) is 77.7 cm³/mol. The van der Waals surface area contributed by atoms with Crippen LogP contribution >= 0.6 is 0 Å². The third kappa shape index (κ3) is 4.64. The number of methoxy groups -OCH3 is 1. The van der Waals surface area contributed by atoms with Crippen LogP contribution in [-0.4, -0.2) is 25.9 Å². The maximum absolute atomic E-state index is 12.3. The lowest BCUT2D eigenvalue weighted by Crippen LogP contribution is -2.44. The number of halogens is 2. The minimum Gasteiger partial charge on any atom is -0.435 e. The first-order chi connectivity index (χ1) is 10.1. The summed E-state index contributed by atoms with van der Waals surface area (Å²) in [6.07, 6.45) is 4.76. The number of nitrogens with one attached hydrogen (secondary N) is 1. The van der Waals surface area contributed by atoms with E-state index in [4.69, 9.17) is 4.74 Å². The summed E-state index contributed by atoms with van der Waals surface area (Å²) in [5.41, 5.74) is 0.938. The summed E-state index contributed by atoms with van der Waals surface area (Å²) in [6, 6.07) is 7.22. The van der Waals surface area contributed by atoms with E-state index in [9.17, 15) is 8.78 Å². The fourth-order valence-corrected chi connectivity index (χ4v) is 2.95. The molecule has 3 unspecified atom stereocenters. The Balaban J connectivity index is 2.00. The van der Waals surface area contributed by atoms with Crippen LogP contribution in [0.5, 0.6) is 5.75 Å². The topological polar surface area (TPSA) is 30.5 Å². The van der Waals surface area contributed by atoms with Crippen molar-refractivity contribution in [1.29, 1.82) is 0 Å². The Labute approximate surface area is 124 Å². The van der Waals surface area contributed by atoms with Crippen LogP contribution < -0.4 is 10.1 Å². The minimum absolute atomic E-state index is 0.0620. The molecule has 0 bridgehead atoms. The highest BCUT2D eigenvalue weighted by atomic mass is 19.3. The first-order valence-electron chi connectivity index (χ1n) is 7.43. The number of ether oxygens (including phenoxy) is 2. The maximum Gasteiger partial charge on any atom is 0.387 e. The van der Waals surface area contributed by atoms with Crippen molar-refractivity contribution < 1.29 is 18.3 Å². The smallest absolute Gasteiger partial charge is 0.387 e. The quantitative estimate of drug-likeness (QED) is 0.864. The third-order valence-electron chi connectivity index (χ3n) is 4.05. The van der Waals surface area contributed by atoms with Crippen molar-refractivity contribution in [3.05, 3.63) is 29.8 Å². The Morgan fingerprint density at radius 1 is 1.24 bits per heavy atom. The van der Waals surface area contributed by atoms with E-state index in [1.807, 2.05) is 13.0 Å². The molecule has 1 N–H and O–H groups in total. The second kappa shape index (κ2) is 7.71. The van der Waals surface area contributed by atoms with Gasteiger partial charge in [0.15, 0.2) is 0 Å². The molecule has 3 nitrogen and oxygen atoms in total. The van der Waals surface area contributed by atoms with Gasteiger partial charge in [0.05, 0.1) is 6.10 Å². The molecular weight excluding hydrogens is 276 g/mol. The van der Waals surface area contributed by atoms with Crippen molar-refractivity contribution in [2.75, 3.05) is 7.11 Å². The summed E-state index contributed by atoms with van der Waals surface area (Å²) in [5.74, 6) is 0.197. The second-order valence-corrected chi connectivity index (χ2v) is 5.50. The molecule has 2 rings (SSSR count). The third-order valence-corrected chi connectivity index (χ3v) is 4.05. The van der Waals surface area contributed by atoms with Crippen LogP contribution in [0.4, 0.5) is 8.78 Å². The molecule has 0 aliphatic heterocycles. The Morgan fingerprint density at radius 3 is 2.71 bits per heavy atom. The lowest BCUT2D eigenvalue weighted by atomic mass is 9.91. The highest BCUT2D eigenvalue weighted by molar-refractivity contribution is 5.30. The highest BCUT2D eigenvalue weighted by Crippen LogP contribution is 2.25. The molecule has 5 heteroatoms. The van der Waals surface area contributed by atoms with Gasteiger partial charge in [0.1, 0.15) is 5.75 Å². The zero-order valence-electron chi connectivity index (χ0n) is 12.5. The van der Waals surface area contributed by atoms with Gasteiger partial charge in [-0.25, -0.2) is 0 Å². The van der Waals surface area contributed by atoms with Crippen LogP contribution in [0.15, 0.2) is 24.3 Å². The SMILES string of the molecule is COC1CCCCC1NC(C)c1cccc(OC(F)F)c1. The van der Waals surface area contributed by atoms with E-state index in [1.165, 1.54) is 12.8 Å². The monoisotopic (exact) mass is 299 g/mol. The zero-order chi connectivity index (χ0) is 15.2. The number of alkyl halides is 2. The van der Waals surface area contributed by atoms with Gasteiger partial charge in [0.25, 0.3) is 0 Å². The summed E-state index contributed by atoms with van der Waals surface area (Å²) in [5, 5.41) is 3.55. The van der Waals surface area contributed by atoms with Gasteiger partial charge in [-0.3, -0.25) is 0 Å². The van der Waals surface area contributed by atoms with Crippen LogP contribution in [0.25, 0.3) is 0 Å². The molecule has 0 saturated heterocycles. The molecule has 1 aromatic carbocycles. The van der Waals surface area contributed by atoms with E-state index in [-0.39, 0.29) is 17.9 Å². The average Bonchev–Trinajstić information content (AvgIpc) is 2.47. The van der Waals surface area contributed by atoms with Crippen LogP contribution in [0.1, 0.15) is 44.2 Å². The van der Waals surface area contributed by atoms with Gasteiger partial charge in [-0.1, -0.05) is 25.0 Å². The zero-order valence-corrected chi connectivity index (χ0v) is 12.5. The summed E-state index contributed by atoms with van der Waals surface area (Å²) in [4.78, 5) is 0. The van der Waals surface area contributed by atoms with Crippen molar-refractivity contribution in [1.82, 2.24) is 5.32 Å². The Hall–Kier alpha value is -1.20. The fourth-order valence-electron chi connectivity index (χ4n) is 2.95. The summed E-state index contributed by atoms with van der Waals surface area (Å²) >= 11 is 0. The lowest BCUT2D eigenvalue weighted by molar-refractivity contribution is -0.0499. The Morgan fingerprint density at radius 2 is 2.00 bits per heavy atom. The molecule has 0 heterocycles. The molecule has 1 aliphatic rings. The number of hydrogen-bond acceptors (Lipinski definition) is 3. The van der Waals surface area contributed by atoms with Gasteiger partial charge in [-0.05, 0) is 37.5 Å². The molecule has 0 amide bonds. The molecule has 0 radical (unpaired) electrons. The maximum atomic E-state index is 12.3. The van der Waals surface area contributed by atoms with E-state index < -0.39 is 6.61 Å². The van der Waals surface area contributed by atoms with Gasteiger partial charge in [-0.2, -0.15) is 8.78 Å². The molecular formula is C16H23F2NO2. The molecule has 21 heavy (non-hydrogen) atoms. The first-order valence-corrected chi connectivity index (χ1v) is 7.43. The van der Waals surface area contributed by atoms with E-state index in [0.29, 0.717) is 6.04 Å².